The minimum atomic E-state index is -0.288. The Morgan fingerprint density at radius 2 is 1.88 bits per heavy atom. The Balaban J connectivity index is 1.76. The van der Waals surface area contributed by atoms with Gasteiger partial charge in [0.15, 0.2) is 11.5 Å². The molecule has 0 saturated heterocycles. The third kappa shape index (κ3) is 6.44. The Morgan fingerprint density at radius 3 is 2.59 bits per heavy atom. The van der Waals surface area contributed by atoms with E-state index in [1.807, 2.05) is 44.2 Å². The number of hydrogen-bond acceptors (Lipinski definition) is 5. The van der Waals surface area contributed by atoms with Crippen molar-refractivity contribution < 1.29 is 18.8 Å². The Hall–Kier alpha value is -3.61. The number of carbonyl (C=O) groups is 2. The number of methoxy groups -OCH3 is 1. The second-order valence-corrected chi connectivity index (χ2v) is 7.98. The van der Waals surface area contributed by atoms with Crippen molar-refractivity contribution in [3.63, 3.8) is 0 Å². The van der Waals surface area contributed by atoms with Crippen LogP contribution >= 0.6 is 0 Å². The number of hydrogen-bond donors (Lipinski definition) is 1. The average Bonchev–Trinajstić information content (AvgIpc) is 3.29. The van der Waals surface area contributed by atoms with Gasteiger partial charge in [0.1, 0.15) is 5.75 Å². The molecule has 0 saturated carbocycles. The van der Waals surface area contributed by atoms with Gasteiger partial charge in [0.25, 0.3) is 11.8 Å². The molecule has 0 bridgehead atoms. The van der Waals surface area contributed by atoms with E-state index in [4.69, 9.17) is 9.26 Å². The average molecular weight is 436 g/mol. The van der Waals surface area contributed by atoms with Crippen LogP contribution in [0.1, 0.15) is 46.0 Å². The lowest BCUT2D eigenvalue weighted by Crippen LogP contribution is -2.32. The first-order chi connectivity index (χ1) is 15.5. The maximum absolute atomic E-state index is 13.3. The summed E-state index contributed by atoms with van der Waals surface area (Å²) in [7, 11) is 1.57. The first kappa shape index (κ1) is 23.1. The lowest BCUT2D eigenvalue weighted by molar-refractivity contribution is 0.0728. The van der Waals surface area contributed by atoms with Crippen LogP contribution in [0, 0.1) is 5.92 Å². The van der Waals surface area contributed by atoms with Crippen LogP contribution in [0.2, 0.25) is 0 Å². The first-order valence-corrected chi connectivity index (χ1v) is 10.7. The minimum absolute atomic E-state index is 0.151. The Morgan fingerprint density at radius 1 is 1.09 bits per heavy atom. The van der Waals surface area contributed by atoms with Gasteiger partial charge >= 0.3 is 0 Å². The maximum atomic E-state index is 13.3. The molecular weight excluding hydrogens is 406 g/mol. The molecule has 1 N–H and O–H groups in total. The highest BCUT2D eigenvalue weighted by Gasteiger charge is 2.20. The molecule has 1 aromatic heterocycles. The molecule has 7 heteroatoms. The van der Waals surface area contributed by atoms with Crippen LogP contribution < -0.4 is 10.1 Å². The second kappa shape index (κ2) is 11.1. The van der Waals surface area contributed by atoms with Gasteiger partial charge in [-0.2, -0.15) is 0 Å². The summed E-state index contributed by atoms with van der Waals surface area (Å²) in [5, 5.41) is 6.70. The highest BCUT2D eigenvalue weighted by Crippen LogP contribution is 2.17. The molecule has 0 spiro atoms. The summed E-state index contributed by atoms with van der Waals surface area (Å²) < 4.78 is 10.6. The molecule has 0 fully saturated rings. The number of carbonyl (C=O) groups excluding carboxylic acids is 2. The van der Waals surface area contributed by atoms with E-state index < -0.39 is 0 Å². The quantitative estimate of drug-likeness (QED) is 0.521. The largest absolute Gasteiger partial charge is 0.497 e. The van der Waals surface area contributed by atoms with Gasteiger partial charge in [0.05, 0.1) is 13.7 Å². The molecule has 7 nitrogen and oxygen atoms in total. The van der Waals surface area contributed by atoms with Crippen LogP contribution in [0.15, 0.2) is 65.2 Å². The standard InChI is InChI=1S/C25H29N3O4/c1-18(2)16-26-24(29)23-15-22(32-27-23)17-28(13-12-19-8-5-4-6-9-19)25(30)20-10-7-11-21(14-20)31-3/h4-11,14-15,18H,12-13,16-17H2,1-3H3,(H,26,29). The van der Waals surface area contributed by atoms with Crippen molar-refractivity contribution in [2.45, 2.75) is 26.8 Å². The van der Waals surface area contributed by atoms with Gasteiger partial charge in [0, 0.05) is 24.7 Å². The fraction of sp³-hybridized carbons (Fsp3) is 0.320. The van der Waals surface area contributed by atoms with Gasteiger partial charge in [-0.3, -0.25) is 9.59 Å². The van der Waals surface area contributed by atoms with Crippen molar-refractivity contribution in [3.05, 3.63) is 83.2 Å². The minimum Gasteiger partial charge on any atom is -0.497 e. The first-order valence-electron chi connectivity index (χ1n) is 10.7. The monoisotopic (exact) mass is 435 g/mol. The molecule has 0 aliphatic carbocycles. The van der Waals surface area contributed by atoms with E-state index in [1.54, 1.807) is 42.3 Å². The molecule has 0 unspecified atom stereocenters. The summed E-state index contributed by atoms with van der Waals surface area (Å²) in [5.74, 6) is 0.955. The van der Waals surface area contributed by atoms with Crippen LogP contribution in [-0.4, -0.2) is 42.1 Å². The number of amides is 2. The molecule has 1 heterocycles. The van der Waals surface area contributed by atoms with Crippen LogP contribution in [0.3, 0.4) is 0 Å². The molecule has 2 amide bonds. The van der Waals surface area contributed by atoms with Gasteiger partial charge in [-0.25, -0.2) is 0 Å². The van der Waals surface area contributed by atoms with Gasteiger partial charge in [-0.05, 0) is 36.1 Å². The van der Waals surface area contributed by atoms with Gasteiger partial charge in [-0.15, -0.1) is 0 Å². The fourth-order valence-corrected chi connectivity index (χ4v) is 3.17. The Labute approximate surface area is 188 Å². The zero-order valence-electron chi connectivity index (χ0n) is 18.7. The predicted octanol–water partition coefficient (Wildman–Crippen LogP) is 3.95. The smallest absolute Gasteiger partial charge is 0.273 e. The van der Waals surface area contributed by atoms with E-state index in [1.165, 1.54) is 0 Å². The molecule has 3 rings (SSSR count). The van der Waals surface area contributed by atoms with Crippen molar-refractivity contribution in [1.82, 2.24) is 15.4 Å². The zero-order valence-corrected chi connectivity index (χ0v) is 18.7. The summed E-state index contributed by atoms with van der Waals surface area (Å²) in [6.45, 7) is 5.27. The number of nitrogens with one attached hydrogen (secondary N) is 1. The second-order valence-electron chi connectivity index (χ2n) is 7.98. The van der Waals surface area contributed by atoms with Crippen molar-refractivity contribution in [2.24, 2.45) is 5.92 Å². The Kier molecular flexibility index (Phi) is 8.02. The highest BCUT2D eigenvalue weighted by molar-refractivity contribution is 5.94. The molecule has 3 aromatic rings. The molecule has 2 aromatic carbocycles. The molecule has 0 atom stereocenters. The van der Waals surface area contributed by atoms with Crippen LogP contribution in [-0.2, 0) is 13.0 Å². The molecule has 32 heavy (non-hydrogen) atoms. The molecule has 0 radical (unpaired) electrons. The number of aromatic nitrogens is 1. The molecule has 0 aliphatic rings. The van der Waals surface area contributed by atoms with Crippen LogP contribution in [0.25, 0.3) is 0 Å². The maximum Gasteiger partial charge on any atom is 0.273 e. The number of ether oxygens (including phenoxy) is 1. The van der Waals surface area contributed by atoms with Crippen LogP contribution in [0.5, 0.6) is 5.75 Å². The van der Waals surface area contributed by atoms with Gasteiger partial charge in [0.2, 0.25) is 0 Å². The topological polar surface area (TPSA) is 84.7 Å². The Bertz CT molecular complexity index is 1030. The van der Waals surface area contributed by atoms with Crippen molar-refractivity contribution in [3.8, 4) is 5.75 Å². The summed E-state index contributed by atoms with van der Waals surface area (Å²) >= 11 is 0. The van der Waals surface area contributed by atoms with E-state index in [-0.39, 0.29) is 24.1 Å². The lowest BCUT2D eigenvalue weighted by atomic mass is 10.1. The van der Waals surface area contributed by atoms with E-state index >= 15 is 0 Å². The third-order valence-electron chi connectivity index (χ3n) is 4.93. The number of nitrogens with zero attached hydrogens (tertiary/aromatic N) is 2. The van der Waals surface area contributed by atoms with Crippen molar-refractivity contribution >= 4 is 11.8 Å². The highest BCUT2D eigenvalue weighted by atomic mass is 16.5. The summed E-state index contributed by atoms with van der Waals surface area (Å²) in [6, 6.07) is 18.6. The fourth-order valence-electron chi connectivity index (χ4n) is 3.17. The molecular formula is C25H29N3O4. The summed E-state index contributed by atoms with van der Waals surface area (Å²) in [6.07, 6.45) is 0.687. The summed E-state index contributed by atoms with van der Waals surface area (Å²) in [5.41, 5.74) is 1.85. The van der Waals surface area contributed by atoms with Gasteiger partial charge < -0.3 is 19.5 Å². The normalized spacial score (nSPS) is 10.8. The predicted molar refractivity (Wildman–Crippen MR) is 122 cm³/mol. The number of rotatable bonds is 10. The zero-order chi connectivity index (χ0) is 22.9. The molecule has 168 valence electrons. The van der Waals surface area contributed by atoms with Crippen molar-refractivity contribution in [1.29, 1.82) is 0 Å². The van der Waals surface area contributed by atoms with E-state index in [0.717, 1.165) is 5.56 Å². The van der Waals surface area contributed by atoms with E-state index in [9.17, 15) is 9.59 Å². The van der Waals surface area contributed by atoms with E-state index in [0.29, 0.717) is 42.5 Å². The van der Waals surface area contributed by atoms with Crippen molar-refractivity contribution in [2.75, 3.05) is 20.2 Å². The lowest BCUT2D eigenvalue weighted by Gasteiger charge is -2.22. The summed E-state index contributed by atoms with van der Waals surface area (Å²) in [4.78, 5) is 27.2. The third-order valence-corrected chi connectivity index (χ3v) is 4.93. The van der Waals surface area contributed by atoms with E-state index in [2.05, 4.69) is 10.5 Å². The SMILES string of the molecule is COc1cccc(C(=O)N(CCc2ccccc2)Cc2cc(C(=O)NCC(C)C)no2)c1. The molecule has 0 aliphatic heterocycles. The number of benzene rings is 2. The van der Waals surface area contributed by atoms with Gasteiger partial charge in [-0.1, -0.05) is 55.4 Å². The van der Waals surface area contributed by atoms with Crippen LogP contribution in [0.4, 0.5) is 0 Å².